The van der Waals surface area contributed by atoms with Gasteiger partial charge in [-0.2, -0.15) is 0 Å². The van der Waals surface area contributed by atoms with Gasteiger partial charge in [0, 0.05) is 19.9 Å². The molecule has 14 heavy (non-hydrogen) atoms. The molecule has 1 atom stereocenters. The van der Waals surface area contributed by atoms with E-state index in [0.29, 0.717) is 19.0 Å². The van der Waals surface area contributed by atoms with Gasteiger partial charge in [0.05, 0.1) is 17.2 Å². The number of hydrogen-bond acceptors (Lipinski definition) is 5. The summed E-state index contributed by atoms with van der Waals surface area (Å²) in [5.41, 5.74) is 0. The molecule has 0 aliphatic rings. The molecule has 6 heteroatoms. The summed E-state index contributed by atoms with van der Waals surface area (Å²) in [4.78, 5) is 7.81. The molecule has 1 heterocycles. The summed E-state index contributed by atoms with van der Waals surface area (Å²) in [6.07, 6.45) is 2.54. The van der Waals surface area contributed by atoms with Gasteiger partial charge in [-0.25, -0.2) is 9.97 Å². The lowest BCUT2D eigenvalue weighted by atomic mass is 10.4. The molecule has 1 rings (SSSR count). The lowest BCUT2D eigenvalue weighted by Crippen LogP contribution is -2.24. The maximum Gasteiger partial charge on any atom is 0.143 e. The molecule has 0 radical (unpaired) electrons. The third-order valence-electron chi connectivity index (χ3n) is 1.53. The highest BCUT2D eigenvalue weighted by atomic mass is 79.9. The van der Waals surface area contributed by atoms with E-state index in [4.69, 9.17) is 4.74 Å². The number of halogens is 1. The van der Waals surface area contributed by atoms with Gasteiger partial charge in [-0.1, -0.05) is 0 Å². The van der Waals surface area contributed by atoms with E-state index >= 15 is 0 Å². The number of anilines is 1. The van der Waals surface area contributed by atoms with Gasteiger partial charge in [0.2, 0.25) is 0 Å². The van der Waals surface area contributed by atoms with Crippen molar-refractivity contribution in [2.24, 2.45) is 0 Å². The van der Waals surface area contributed by atoms with E-state index in [1.54, 1.807) is 13.3 Å². The number of hydrogen-bond donors (Lipinski definition) is 2. The molecule has 0 fully saturated rings. The second-order valence-corrected chi connectivity index (χ2v) is 3.56. The van der Waals surface area contributed by atoms with Gasteiger partial charge in [0.25, 0.3) is 0 Å². The average Bonchev–Trinajstić information content (AvgIpc) is 2.17. The molecule has 1 unspecified atom stereocenters. The standard InChI is InChI=1S/C8H12BrN3O2/c1-14-4-6(13)2-11-8-7(9)3-10-5-12-8/h3,5-6,13H,2,4H2,1H3,(H,10,11,12). The van der Waals surface area contributed by atoms with E-state index in [-0.39, 0.29) is 0 Å². The highest BCUT2D eigenvalue weighted by Crippen LogP contribution is 2.16. The van der Waals surface area contributed by atoms with Crippen LogP contribution in [0.5, 0.6) is 0 Å². The summed E-state index contributed by atoms with van der Waals surface area (Å²) in [6, 6.07) is 0. The number of rotatable bonds is 5. The summed E-state index contributed by atoms with van der Waals surface area (Å²) in [6.45, 7) is 0.694. The van der Waals surface area contributed by atoms with Crippen LogP contribution in [-0.2, 0) is 4.74 Å². The number of methoxy groups -OCH3 is 1. The van der Waals surface area contributed by atoms with Crippen LogP contribution in [0.4, 0.5) is 5.82 Å². The van der Waals surface area contributed by atoms with Crippen molar-refractivity contribution in [1.82, 2.24) is 9.97 Å². The fraction of sp³-hybridized carbons (Fsp3) is 0.500. The molecule has 0 aromatic carbocycles. The third kappa shape index (κ3) is 3.57. The molecule has 0 amide bonds. The van der Waals surface area contributed by atoms with Gasteiger partial charge in [-0.05, 0) is 15.9 Å². The van der Waals surface area contributed by atoms with Crippen molar-refractivity contribution < 1.29 is 9.84 Å². The van der Waals surface area contributed by atoms with Gasteiger partial charge in [0.15, 0.2) is 0 Å². The average molecular weight is 262 g/mol. The lowest BCUT2D eigenvalue weighted by molar-refractivity contribution is 0.0727. The minimum Gasteiger partial charge on any atom is -0.389 e. The van der Waals surface area contributed by atoms with Gasteiger partial charge in [-0.15, -0.1) is 0 Å². The van der Waals surface area contributed by atoms with Gasteiger partial charge >= 0.3 is 0 Å². The van der Waals surface area contributed by atoms with Crippen molar-refractivity contribution in [2.45, 2.75) is 6.10 Å². The summed E-state index contributed by atoms with van der Waals surface area (Å²) < 4.78 is 5.56. The maximum absolute atomic E-state index is 9.36. The minimum absolute atomic E-state index is 0.301. The zero-order valence-electron chi connectivity index (χ0n) is 7.77. The van der Waals surface area contributed by atoms with Crippen molar-refractivity contribution in [3.05, 3.63) is 17.0 Å². The summed E-state index contributed by atoms with van der Waals surface area (Å²) in [7, 11) is 1.55. The maximum atomic E-state index is 9.36. The third-order valence-corrected chi connectivity index (χ3v) is 2.11. The molecule has 0 saturated carbocycles. The van der Waals surface area contributed by atoms with Crippen LogP contribution >= 0.6 is 15.9 Å². The molecule has 0 saturated heterocycles. The van der Waals surface area contributed by atoms with Crippen LogP contribution in [-0.4, -0.2) is 41.4 Å². The molecule has 1 aromatic rings. The Labute approximate surface area is 90.7 Å². The Balaban J connectivity index is 2.41. The Morgan fingerprint density at radius 2 is 2.50 bits per heavy atom. The van der Waals surface area contributed by atoms with E-state index in [2.05, 4.69) is 31.2 Å². The Morgan fingerprint density at radius 3 is 3.14 bits per heavy atom. The number of nitrogens with zero attached hydrogens (tertiary/aromatic N) is 2. The first-order valence-corrected chi connectivity index (χ1v) is 4.89. The summed E-state index contributed by atoms with van der Waals surface area (Å²) in [5.74, 6) is 0.662. The number of aromatic nitrogens is 2. The zero-order valence-corrected chi connectivity index (χ0v) is 9.36. The van der Waals surface area contributed by atoms with Crippen molar-refractivity contribution in [1.29, 1.82) is 0 Å². The van der Waals surface area contributed by atoms with Gasteiger partial charge in [0.1, 0.15) is 12.1 Å². The van der Waals surface area contributed by atoms with E-state index < -0.39 is 6.10 Å². The van der Waals surface area contributed by atoms with Crippen LogP contribution < -0.4 is 5.32 Å². The number of aliphatic hydroxyl groups is 1. The van der Waals surface area contributed by atoms with E-state index in [1.165, 1.54) is 6.33 Å². The van der Waals surface area contributed by atoms with Crippen LogP contribution in [0.2, 0.25) is 0 Å². The smallest absolute Gasteiger partial charge is 0.143 e. The van der Waals surface area contributed by atoms with Crippen LogP contribution in [0.15, 0.2) is 17.0 Å². The van der Waals surface area contributed by atoms with Crippen molar-refractivity contribution in [2.75, 3.05) is 25.6 Å². The Bertz CT molecular complexity index is 285. The minimum atomic E-state index is -0.540. The molecule has 2 N–H and O–H groups in total. The number of nitrogens with one attached hydrogen (secondary N) is 1. The highest BCUT2D eigenvalue weighted by molar-refractivity contribution is 9.10. The van der Waals surface area contributed by atoms with Crippen molar-refractivity contribution >= 4 is 21.7 Å². The zero-order chi connectivity index (χ0) is 10.4. The number of ether oxygens (including phenoxy) is 1. The topological polar surface area (TPSA) is 67.3 Å². The first-order valence-electron chi connectivity index (χ1n) is 4.10. The first kappa shape index (κ1) is 11.4. The van der Waals surface area contributed by atoms with E-state index in [1.807, 2.05) is 0 Å². The van der Waals surface area contributed by atoms with Gasteiger partial charge < -0.3 is 15.2 Å². The van der Waals surface area contributed by atoms with Crippen LogP contribution in [0.3, 0.4) is 0 Å². The Morgan fingerprint density at radius 1 is 1.71 bits per heavy atom. The molecule has 0 spiro atoms. The second-order valence-electron chi connectivity index (χ2n) is 2.71. The monoisotopic (exact) mass is 261 g/mol. The van der Waals surface area contributed by atoms with Crippen LogP contribution in [0.25, 0.3) is 0 Å². The van der Waals surface area contributed by atoms with Crippen LogP contribution in [0, 0.1) is 0 Å². The Kier molecular flexibility index (Phi) is 4.78. The fourth-order valence-corrected chi connectivity index (χ4v) is 1.27. The molecule has 1 aromatic heterocycles. The SMILES string of the molecule is COCC(O)CNc1ncncc1Br. The Hall–Kier alpha value is -0.720. The molecule has 0 aliphatic heterocycles. The predicted molar refractivity (Wildman–Crippen MR) is 56.1 cm³/mol. The summed E-state index contributed by atoms with van der Waals surface area (Å²) >= 11 is 3.28. The van der Waals surface area contributed by atoms with E-state index in [9.17, 15) is 5.11 Å². The first-order chi connectivity index (χ1) is 6.74. The molecule has 5 nitrogen and oxygen atoms in total. The quantitative estimate of drug-likeness (QED) is 0.815. The van der Waals surface area contributed by atoms with E-state index in [0.717, 1.165) is 4.47 Å². The van der Waals surface area contributed by atoms with Crippen molar-refractivity contribution in [3.8, 4) is 0 Å². The molecule has 0 aliphatic carbocycles. The lowest BCUT2D eigenvalue weighted by Gasteiger charge is -2.11. The summed E-state index contributed by atoms with van der Waals surface area (Å²) in [5, 5.41) is 12.3. The fourth-order valence-electron chi connectivity index (χ4n) is 0.909. The molecule has 0 bridgehead atoms. The highest BCUT2D eigenvalue weighted by Gasteiger charge is 2.05. The van der Waals surface area contributed by atoms with Crippen LogP contribution in [0.1, 0.15) is 0 Å². The predicted octanol–water partition coefficient (Wildman–Crippen LogP) is 0.658. The number of aliphatic hydroxyl groups excluding tert-OH is 1. The van der Waals surface area contributed by atoms with Gasteiger partial charge in [-0.3, -0.25) is 0 Å². The second kappa shape index (κ2) is 5.90. The molecular formula is C8H12BrN3O2. The normalized spacial score (nSPS) is 12.5. The molecular weight excluding hydrogens is 250 g/mol. The molecule has 78 valence electrons. The largest absolute Gasteiger partial charge is 0.389 e. The van der Waals surface area contributed by atoms with Crippen molar-refractivity contribution in [3.63, 3.8) is 0 Å².